The summed E-state index contributed by atoms with van der Waals surface area (Å²) in [6.07, 6.45) is 6.91. The molecular weight excluding hydrogens is 176 g/mol. The first-order valence-electron chi connectivity index (χ1n) is 4.89. The smallest absolute Gasteiger partial charge is 0.147 e. The number of allylic oxidation sites excluding steroid dienone is 5. The van der Waals surface area contributed by atoms with Gasteiger partial charge in [-0.2, -0.15) is 0 Å². The Hall–Kier alpha value is -1.31. The monoisotopic (exact) mass is 190 g/mol. The van der Waals surface area contributed by atoms with Crippen LogP contribution in [-0.2, 0) is 4.79 Å². The Morgan fingerprint density at radius 2 is 2.21 bits per heavy atom. The lowest BCUT2D eigenvalue weighted by molar-refractivity contribution is -0.124. The molecule has 14 heavy (non-hydrogen) atoms. The summed E-state index contributed by atoms with van der Waals surface area (Å²) in [4.78, 5) is 11.8. The van der Waals surface area contributed by atoms with Crippen molar-refractivity contribution < 1.29 is 9.90 Å². The third-order valence-corrected chi connectivity index (χ3v) is 3.22. The molecule has 2 heteroatoms. The standard InChI is InChI=1S/C12H14O2/c1-8-9-4-3-5-11(14)12(9,2)7-6-10(8)13/h4,6-7,13H,3,5H2,1-2H3. The third kappa shape index (κ3) is 1.07. The van der Waals surface area contributed by atoms with Gasteiger partial charge in [-0.3, -0.25) is 4.79 Å². The van der Waals surface area contributed by atoms with E-state index in [-0.39, 0.29) is 11.5 Å². The van der Waals surface area contributed by atoms with E-state index in [1.807, 2.05) is 19.9 Å². The van der Waals surface area contributed by atoms with Crippen LogP contribution in [0.5, 0.6) is 0 Å². The van der Waals surface area contributed by atoms with Crippen molar-refractivity contribution in [2.75, 3.05) is 0 Å². The number of carbonyl (C=O) groups excluding carboxylic acids is 1. The number of Topliss-reactive ketones (excluding diaryl/α,β-unsaturated/α-hetero) is 1. The molecule has 0 fully saturated rings. The molecule has 0 radical (unpaired) electrons. The number of fused-ring (bicyclic) bond motifs is 1. The van der Waals surface area contributed by atoms with Gasteiger partial charge in [0.15, 0.2) is 0 Å². The van der Waals surface area contributed by atoms with Crippen molar-refractivity contribution in [1.82, 2.24) is 0 Å². The van der Waals surface area contributed by atoms with Crippen LogP contribution in [0, 0.1) is 5.41 Å². The van der Waals surface area contributed by atoms with Crippen molar-refractivity contribution in [2.45, 2.75) is 26.7 Å². The minimum Gasteiger partial charge on any atom is -0.508 e. The molecule has 0 aliphatic heterocycles. The first-order chi connectivity index (χ1) is 6.55. The SMILES string of the molecule is CC1=C(O)C=CC2(C)C(=O)CCC=C12. The van der Waals surface area contributed by atoms with E-state index in [1.165, 1.54) is 0 Å². The molecule has 1 atom stereocenters. The predicted octanol–water partition coefficient (Wildman–Crippen LogP) is 2.68. The second-order valence-corrected chi connectivity index (χ2v) is 4.13. The Morgan fingerprint density at radius 3 is 2.93 bits per heavy atom. The average molecular weight is 190 g/mol. The summed E-state index contributed by atoms with van der Waals surface area (Å²) >= 11 is 0. The van der Waals surface area contributed by atoms with Gasteiger partial charge in [-0.1, -0.05) is 12.2 Å². The molecule has 1 N–H and O–H groups in total. The fourth-order valence-electron chi connectivity index (χ4n) is 2.20. The van der Waals surface area contributed by atoms with Gasteiger partial charge in [0.25, 0.3) is 0 Å². The molecule has 0 amide bonds. The molecule has 2 aliphatic carbocycles. The minimum atomic E-state index is -0.492. The van der Waals surface area contributed by atoms with Gasteiger partial charge in [0, 0.05) is 6.42 Å². The van der Waals surface area contributed by atoms with Gasteiger partial charge in [0.05, 0.1) is 5.41 Å². The second-order valence-electron chi connectivity index (χ2n) is 4.13. The zero-order valence-electron chi connectivity index (χ0n) is 8.50. The van der Waals surface area contributed by atoms with Crippen LogP contribution in [0.4, 0.5) is 0 Å². The Balaban J connectivity index is 2.58. The molecule has 0 aromatic rings. The zero-order valence-corrected chi connectivity index (χ0v) is 8.50. The van der Waals surface area contributed by atoms with E-state index in [0.29, 0.717) is 6.42 Å². The van der Waals surface area contributed by atoms with E-state index >= 15 is 0 Å². The topological polar surface area (TPSA) is 37.3 Å². The zero-order chi connectivity index (χ0) is 10.3. The Bertz CT molecular complexity index is 385. The quantitative estimate of drug-likeness (QED) is 0.637. The van der Waals surface area contributed by atoms with Crippen molar-refractivity contribution in [3.63, 3.8) is 0 Å². The van der Waals surface area contributed by atoms with Crippen LogP contribution in [0.3, 0.4) is 0 Å². The lowest BCUT2D eigenvalue weighted by Gasteiger charge is -2.34. The van der Waals surface area contributed by atoms with Crippen LogP contribution in [0.25, 0.3) is 0 Å². The molecule has 0 spiro atoms. The van der Waals surface area contributed by atoms with E-state index in [4.69, 9.17) is 0 Å². The maximum atomic E-state index is 11.8. The van der Waals surface area contributed by atoms with Crippen molar-refractivity contribution in [1.29, 1.82) is 0 Å². The van der Waals surface area contributed by atoms with Crippen LogP contribution < -0.4 is 0 Å². The minimum absolute atomic E-state index is 0.248. The molecule has 0 heterocycles. The third-order valence-electron chi connectivity index (χ3n) is 3.22. The van der Waals surface area contributed by atoms with Crippen molar-refractivity contribution in [3.8, 4) is 0 Å². The molecular formula is C12H14O2. The molecule has 1 unspecified atom stereocenters. The molecule has 0 aromatic heterocycles. The number of hydrogen-bond acceptors (Lipinski definition) is 2. The van der Waals surface area contributed by atoms with Crippen LogP contribution in [0.15, 0.2) is 35.1 Å². The maximum Gasteiger partial charge on any atom is 0.147 e. The maximum absolute atomic E-state index is 11.8. The molecule has 2 aliphatic rings. The van der Waals surface area contributed by atoms with Gasteiger partial charge in [-0.25, -0.2) is 0 Å². The lowest BCUT2D eigenvalue weighted by Crippen LogP contribution is -2.32. The van der Waals surface area contributed by atoms with E-state index in [1.54, 1.807) is 6.08 Å². The lowest BCUT2D eigenvalue weighted by atomic mass is 9.68. The van der Waals surface area contributed by atoms with E-state index in [2.05, 4.69) is 6.08 Å². The number of hydrogen-bond donors (Lipinski definition) is 1. The van der Waals surface area contributed by atoms with Crippen LogP contribution >= 0.6 is 0 Å². The summed E-state index contributed by atoms with van der Waals surface area (Å²) in [6.45, 7) is 3.79. The fraction of sp³-hybridized carbons (Fsp3) is 0.417. The molecule has 2 nitrogen and oxygen atoms in total. The second kappa shape index (κ2) is 2.84. The normalized spacial score (nSPS) is 31.6. The van der Waals surface area contributed by atoms with E-state index < -0.39 is 5.41 Å². The Labute approximate surface area is 83.6 Å². The summed E-state index contributed by atoms with van der Waals surface area (Å²) < 4.78 is 0. The molecule has 0 bridgehead atoms. The Morgan fingerprint density at radius 1 is 1.50 bits per heavy atom. The van der Waals surface area contributed by atoms with Crippen LogP contribution in [0.1, 0.15) is 26.7 Å². The molecule has 0 aromatic carbocycles. The molecule has 0 saturated carbocycles. The first-order valence-corrected chi connectivity index (χ1v) is 4.89. The van der Waals surface area contributed by atoms with Gasteiger partial charge in [-0.05, 0) is 37.5 Å². The number of carbonyl (C=O) groups is 1. The molecule has 0 saturated heterocycles. The van der Waals surface area contributed by atoms with Gasteiger partial charge in [-0.15, -0.1) is 0 Å². The highest BCUT2D eigenvalue weighted by molar-refractivity contribution is 5.92. The summed E-state index contributed by atoms with van der Waals surface area (Å²) in [6, 6.07) is 0. The number of ketones is 1. The van der Waals surface area contributed by atoms with E-state index in [9.17, 15) is 9.90 Å². The molecule has 74 valence electrons. The average Bonchev–Trinajstić information content (AvgIpc) is 2.16. The first kappa shape index (κ1) is 9.25. The number of rotatable bonds is 0. The van der Waals surface area contributed by atoms with Crippen LogP contribution in [0.2, 0.25) is 0 Å². The van der Waals surface area contributed by atoms with E-state index in [0.717, 1.165) is 17.6 Å². The highest BCUT2D eigenvalue weighted by Crippen LogP contribution is 2.43. The van der Waals surface area contributed by atoms with Gasteiger partial charge in [0.2, 0.25) is 0 Å². The summed E-state index contributed by atoms with van der Waals surface area (Å²) in [5.41, 5.74) is 1.32. The van der Waals surface area contributed by atoms with Crippen LogP contribution in [-0.4, -0.2) is 10.9 Å². The van der Waals surface area contributed by atoms with Crippen molar-refractivity contribution in [3.05, 3.63) is 35.1 Å². The highest BCUT2D eigenvalue weighted by Gasteiger charge is 2.39. The number of aliphatic hydroxyl groups excluding tert-OH is 1. The van der Waals surface area contributed by atoms with Gasteiger partial charge in [0.1, 0.15) is 11.5 Å². The van der Waals surface area contributed by atoms with Crippen molar-refractivity contribution >= 4 is 5.78 Å². The summed E-state index contributed by atoms with van der Waals surface area (Å²) in [7, 11) is 0. The summed E-state index contributed by atoms with van der Waals surface area (Å²) in [5, 5.41) is 9.56. The molecule has 2 rings (SSSR count). The Kier molecular flexibility index (Phi) is 1.88. The number of aliphatic hydroxyl groups is 1. The van der Waals surface area contributed by atoms with Gasteiger partial charge < -0.3 is 5.11 Å². The van der Waals surface area contributed by atoms with Gasteiger partial charge >= 0.3 is 0 Å². The summed E-state index contributed by atoms with van der Waals surface area (Å²) in [5.74, 6) is 0.529. The predicted molar refractivity (Wildman–Crippen MR) is 54.9 cm³/mol. The largest absolute Gasteiger partial charge is 0.508 e. The highest BCUT2D eigenvalue weighted by atomic mass is 16.3. The van der Waals surface area contributed by atoms with Crippen molar-refractivity contribution in [2.24, 2.45) is 5.41 Å². The fourth-order valence-corrected chi connectivity index (χ4v) is 2.20.